The molecular weight excluding hydrogens is 256 g/mol. The third kappa shape index (κ3) is 2.49. The zero-order chi connectivity index (χ0) is 14.2. The van der Waals surface area contributed by atoms with E-state index < -0.39 is 23.3 Å². The number of carbonyl (C=O) groups is 2. The van der Waals surface area contributed by atoms with E-state index in [4.69, 9.17) is 4.74 Å². The van der Waals surface area contributed by atoms with E-state index in [0.717, 1.165) is 17.0 Å². The molecule has 1 aliphatic rings. The zero-order valence-corrected chi connectivity index (χ0v) is 10.6. The Morgan fingerprint density at radius 2 is 1.84 bits per heavy atom. The molecule has 4 nitrogen and oxygen atoms in total. The molecular formula is C13H13F2NO3. The number of ether oxygens (including phenoxy) is 1. The van der Waals surface area contributed by atoms with Crippen LogP contribution in [0.25, 0.3) is 0 Å². The molecule has 0 N–H and O–H groups in total. The number of anilines is 1. The fraction of sp³-hybridized carbons (Fsp3) is 0.385. The number of ketones is 1. The molecule has 0 fully saturated rings. The van der Waals surface area contributed by atoms with Crippen molar-refractivity contribution in [3.63, 3.8) is 0 Å². The van der Waals surface area contributed by atoms with Gasteiger partial charge in [-0.25, -0.2) is 8.78 Å². The van der Waals surface area contributed by atoms with Gasteiger partial charge in [0.25, 0.3) is 11.7 Å². The molecule has 0 saturated carbocycles. The normalized spacial score (nSPS) is 14.5. The summed E-state index contributed by atoms with van der Waals surface area (Å²) in [5, 5.41) is 0. The van der Waals surface area contributed by atoms with Gasteiger partial charge in [-0.1, -0.05) is 0 Å². The fourth-order valence-electron chi connectivity index (χ4n) is 1.89. The van der Waals surface area contributed by atoms with Crippen LogP contribution in [-0.4, -0.2) is 30.9 Å². The number of rotatable bonds is 4. The number of nitrogens with zero attached hydrogens (tertiary/aromatic N) is 1. The SMILES string of the molecule is CC(C)OCCN1C(=O)C(=O)c2cc(F)c(F)cc21. The van der Waals surface area contributed by atoms with Crippen LogP contribution >= 0.6 is 0 Å². The van der Waals surface area contributed by atoms with Crippen LogP contribution in [-0.2, 0) is 9.53 Å². The number of hydrogen-bond donors (Lipinski definition) is 0. The topological polar surface area (TPSA) is 46.6 Å². The Labute approximate surface area is 109 Å². The molecule has 0 aliphatic carbocycles. The molecule has 102 valence electrons. The van der Waals surface area contributed by atoms with Gasteiger partial charge in [0.05, 0.1) is 24.0 Å². The van der Waals surface area contributed by atoms with Crippen molar-refractivity contribution in [1.82, 2.24) is 0 Å². The Morgan fingerprint density at radius 1 is 1.21 bits per heavy atom. The van der Waals surface area contributed by atoms with E-state index in [1.165, 1.54) is 0 Å². The average molecular weight is 269 g/mol. The van der Waals surface area contributed by atoms with Crippen LogP contribution in [0.2, 0.25) is 0 Å². The van der Waals surface area contributed by atoms with Gasteiger partial charge >= 0.3 is 0 Å². The van der Waals surface area contributed by atoms with Crippen molar-refractivity contribution in [2.75, 3.05) is 18.1 Å². The first-order chi connectivity index (χ1) is 8.91. The summed E-state index contributed by atoms with van der Waals surface area (Å²) in [4.78, 5) is 24.5. The molecule has 19 heavy (non-hydrogen) atoms. The molecule has 1 aliphatic heterocycles. The Morgan fingerprint density at radius 3 is 2.47 bits per heavy atom. The van der Waals surface area contributed by atoms with Gasteiger partial charge in [0.2, 0.25) is 0 Å². The summed E-state index contributed by atoms with van der Waals surface area (Å²) in [5.74, 6) is -3.83. The van der Waals surface area contributed by atoms with Gasteiger partial charge in [-0.15, -0.1) is 0 Å². The molecule has 0 atom stereocenters. The second-order valence-electron chi connectivity index (χ2n) is 4.49. The molecule has 0 unspecified atom stereocenters. The number of Topliss-reactive ketones (excluding diaryl/α,β-unsaturated/α-hetero) is 1. The summed E-state index contributed by atoms with van der Waals surface area (Å²) in [5.41, 5.74) is -0.00490. The van der Waals surface area contributed by atoms with Crippen molar-refractivity contribution in [3.05, 3.63) is 29.3 Å². The molecule has 0 aromatic heterocycles. The third-order valence-corrected chi connectivity index (χ3v) is 2.78. The lowest BCUT2D eigenvalue weighted by molar-refractivity contribution is -0.114. The zero-order valence-electron chi connectivity index (χ0n) is 10.6. The van der Waals surface area contributed by atoms with Gasteiger partial charge < -0.3 is 9.64 Å². The minimum Gasteiger partial charge on any atom is -0.377 e. The molecule has 2 rings (SSSR count). The van der Waals surface area contributed by atoms with Crippen LogP contribution < -0.4 is 4.90 Å². The summed E-state index contributed by atoms with van der Waals surface area (Å²) in [6.45, 7) is 4.01. The number of hydrogen-bond acceptors (Lipinski definition) is 3. The highest BCUT2D eigenvalue weighted by Crippen LogP contribution is 2.30. The van der Waals surface area contributed by atoms with Crippen molar-refractivity contribution in [1.29, 1.82) is 0 Å². The first kappa shape index (κ1) is 13.6. The highest BCUT2D eigenvalue weighted by molar-refractivity contribution is 6.52. The van der Waals surface area contributed by atoms with Gasteiger partial charge in [0.1, 0.15) is 0 Å². The van der Waals surface area contributed by atoms with Crippen molar-refractivity contribution < 1.29 is 23.1 Å². The smallest absolute Gasteiger partial charge is 0.299 e. The number of amides is 1. The maximum Gasteiger partial charge on any atom is 0.299 e. The number of carbonyl (C=O) groups excluding carboxylic acids is 2. The average Bonchev–Trinajstić information content (AvgIpc) is 2.55. The molecule has 1 aromatic rings. The van der Waals surface area contributed by atoms with Gasteiger partial charge in [-0.3, -0.25) is 9.59 Å². The lowest BCUT2D eigenvalue weighted by Crippen LogP contribution is -2.33. The monoisotopic (exact) mass is 269 g/mol. The van der Waals surface area contributed by atoms with E-state index in [1.807, 2.05) is 13.8 Å². The van der Waals surface area contributed by atoms with E-state index >= 15 is 0 Å². The predicted molar refractivity (Wildman–Crippen MR) is 64.1 cm³/mol. The summed E-state index contributed by atoms with van der Waals surface area (Å²) in [6.07, 6.45) is -0.0159. The molecule has 1 aromatic carbocycles. The van der Waals surface area contributed by atoms with E-state index in [9.17, 15) is 18.4 Å². The first-order valence-electron chi connectivity index (χ1n) is 5.88. The maximum absolute atomic E-state index is 13.2. The molecule has 0 spiro atoms. The second kappa shape index (κ2) is 5.05. The highest BCUT2D eigenvalue weighted by atomic mass is 19.2. The Balaban J connectivity index is 2.26. The quantitative estimate of drug-likeness (QED) is 0.784. The third-order valence-electron chi connectivity index (χ3n) is 2.78. The van der Waals surface area contributed by atoms with E-state index in [2.05, 4.69) is 0 Å². The Hall–Kier alpha value is -1.82. The van der Waals surface area contributed by atoms with Gasteiger partial charge in [-0.05, 0) is 19.9 Å². The van der Waals surface area contributed by atoms with Gasteiger partial charge in [0, 0.05) is 12.6 Å². The van der Waals surface area contributed by atoms with Crippen molar-refractivity contribution in [2.45, 2.75) is 20.0 Å². The largest absolute Gasteiger partial charge is 0.377 e. The van der Waals surface area contributed by atoms with Crippen LogP contribution in [0.3, 0.4) is 0 Å². The van der Waals surface area contributed by atoms with Crippen LogP contribution in [0.1, 0.15) is 24.2 Å². The predicted octanol–water partition coefficient (Wildman–Crippen LogP) is 1.92. The van der Waals surface area contributed by atoms with Crippen LogP contribution in [0.15, 0.2) is 12.1 Å². The lowest BCUT2D eigenvalue weighted by Gasteiger charge is -2.17. The number of halogens is 2. The summed E-state index contributed by atoms with van der Waals surface area (Å²) in [6, 6.07) is 1.62. The minimum absolute atomic E-state index is 0.0159. The van der Waals surface area contributed by atoms with E-state index in [-0.39, 0.29) is 30.5 Å². The van der Waals surface area contributed by atoms with Crippen LogP contribution in [0, 0.1) is 11.6 Å². The van der Waals surface area contributed by atoms with Crippen molar-refractivity contribution in [2.24, 2.45) is 0 Å². The summed E-state index contributed by atoms with van der Waals surface area (Å²) < 4.78 is 31.6. The van der Waals surface area contributed by atoms with Crippen molar-refractivity contribution in [3.8, 4) is 0 Å². The lowest BCUT2D eigenvalue weighted by atomic mass is 10.1. The number of fused-ring (bicyclic) bond motifs is 1. The molecule has 1 heterocycles. The van der Waals surface area contributed by atoms with Crippen LogP contribution in [0.4, 0.5) is 14.5 Å². The number of benzene rings is 1. The molecule has 6 heteroatoms. The minimum atomic E-state index is -1.14. The fourth-order valence-corrected chi connectivity index (χ4v) is 1.89. The Kier molecular flexibility index (Phi) is 3.61. The summed E-state index contributed by atoms with van der Waals surface area (Å²) in [7, 11) is 0. The second-order valence-corrected chi connectivity index (χ2v) is 4.49. The highest BCUT2D eigenvalue weighted by Gasteiger charge is 2.36. The van der Waals surface area contributed by atoms with Gasteiger partial charge in [0.15, 0.2) is 11.6 Å². The standard InChI is InChI=1S/C13H13F2NO3/c1-7(2)19-4-3-16-11-6-10(15)9(14)5-8(11)12(17)13(16)18/h5-7H,3-4H2,1-2H3. The molecule has 1 amide bonds. The molecule has 0 bridgehead atoms. The van der Waals surface area contributed by atoms with Crippen LogP contribution in [0.5, 0.6) is 0 Å². The Bertz CT molecular complexity index is 543. The van der Waals surface area contributed by atoms with E-state index in [0.29, 0.717) is 0 Å². The molecule has 0 saturated heterocycles. The molecule has 0 radical (unpaired) electrons. The van der Waals surface area contributed by atoms with E-state index in [1.54, 1.807) is 0 Å². The van der Waals surface area contributed by atoms with Crippen molar-refractivity contribution >= 4 is 17.4 Å². The first-order valence-corrected chi connectivity index (χ1v) is 5.88. The van der Waals surface area contributed by atoms with Gasteiger partial charge in [-0.2, -0.15) is 0 Å². The maximum atomic E-state index is 13.2. The summed E-state index contributed by atoms with van der Waals surface area (Å²) >= 11 is 0.